The number of likely N-dealkylation sites (tertiary alicyclic amines) is 1. The van der Waals surface area contributed by atoms with E-state index in [1.54, 1.807) is 0 Å². The summed E-state index contributed by atoms with van der Waals surface area (Å²) in [5, 5.41) is 3.17. The maximum Gasteiger partial charge on any atom is 0.213 e. The van der Waals surface area contributed by atoms with E-state index in [-0.39, 0.29) is 0 Å². The minimum absolute atomic E-state index is 0.735. The van der Waals surface area contributed by atoms with Crippen LogP contribution in [0.4, 0.5) is 0 Å². The fraction of sp³-hybridized carbons (Fsp3) is 0.667. The summed E-state index contributed by atoms with van der Waals surface area (Å²) in [5.41, 5.74) is 2.34. The van der Waals surface area contributed by atoms with Gasteiger partial charge < -0.3 is 10.1 Å². The minimum Gasteiger partial charge on any atom is -0.476 e. The minimum atomic E-state index is 0.735. The van der Waals surface area contributed by atoms with E-state index in [0.29, 0.717) is 0 Å². The van der Waals surface area contributed by atoms with Gasteiger partial charge >= 0.3 is 0 Å². The van der Waals surface area contributed by atoms with Gasteiger partial charge in [-0.25, -0.2) is 4.98 Å². The second kappa shape index (κ2) is 7.46. The normalized spacial score (nSPS) is 15.9. The molecule has 0 spiro atoms. The Morgan fingerprint density at radius 1 is 1.32 bits per heavy atom. The first-order valence-corrected chi connectivity index (χ1v) is 7.31. The molecular formula is C15H25N3O. The first kappa shape index (κ1) is 14.3. The number of pyridine rings is 1. The molecule has 0 bridgehead atoms. The lowest BCUT2D eigenvalue weighted by Gasteiger charge is -2.15. The van der Waals surface area contributed by atoms with E-state index < -0.39 is 0 Å². The van der Waals surface area contributed by atoms with Gasteiger partial charge in [0.1, 0.15) is 6.61 Å². The molecule has 1 aliphatic rings. The Balaban J connectivity index is 1.88. The van der Waals surface area contributed by atoms with Crippen LogP contribution in [0.1, 0.15) is 31.0 Å². The summed E-state index contributed by atoms with van der Waals surface area (Å²) < 4.78 is 5.82. The highest BCUT2D eigenvalue weighted by Crippen LogP contribution is 2.14. The first-order valence-electron chi connectivity index (χ1n) is 7.31. The van der Waals surface area contributed by atoms with Gasteiger partial charge in [-0.2, -0.15) is 0 Å². The molecule has 4 nitrogen and oxygen atoms in total. The predicted octanol–water partition coefficient (Wildman–Crippen LogP) is 1.84. The van der Waals surface area contributed by atoms with Gasteiger partial charge in [-0.1, -0.05) is 6.92 Å². The Labute approximate surface area is 116 Å². The first-order chi connectivity index (χ1) is 9.31. The summed E-state index contributed by atoms with van der Waals surface area (Å²) in [6.45, 7) is 7.17. The SMILES string of the molecule is CCc1cc(CNC)cc(OCCN2CCCC2)n1. The molecule has 0 amide bonds. The van der Waals surface area contributed by atoms with Gasteiger partial charge in [-0.3, -0.25) is 4.90 Å². The molecule has 19 heavy (non-hydrogen) atoms. The van der Waals surface area contributed by atoms with E-state index in [1.165, 1.54) is 31.5 Å². The number of hydrogen-bond donors (Lipinski definition) is 1. The zero-order valence-corrected chi connectivity index (χ0v) is 12.1. The molecule has 0 aromatic carbocycles. The maximum absolute atomic E-state index is 5.82. The van der Waals surface area contributed by atoms with Crippen molar-refractivity contribution >= 4 is 0 Å². The number of ether oxygens (including phenoxy) is 1. The van der Waals surface area contributed by atoms with Gasteiger partial charge in [0, 0.05) is 24.8 Å². The van der Waals surface area contributed by atoms with E-state index in [9.17, 15) is 0 Å². The molecule has 1 saturated heterocycles. The highest BCUT2D eigenvalue weighted by atomic mass is 16.5. The Morgan fingerprint density at radius 3 is 2.79 bits per heavy atom. The van der Waals surface area contributed by atoms with Crippen molar-refractivity contribution in [3.8, 4) is 5.88 Å². The predicted molar refractivity (Wildman–Crippen MR) is 77.5 cm³/mol. The van der Waals surface area contributed by atoms with Crippen LogP contribution < -0.4 is 10.1 Å². The molecular weight excluding hydrogens is 238 g/mol. The third-order valence-electron chi connectivity index (χ3n) is 3.51. The molecule has 0 aliphatic carbocycles. The highest BCUT2D eigenvalue weighted by Gasteiger charge is 2.11. The molecule has 1 aromatic heterocycles. The van der Waals surface area contributed by atoms with Crippen LogP contribution in [-0.4, -0.2) is 43.2 Å². The van der Waals surface area contributed by atoms with Crippen molar-refractivity contribution in [3.05, 3.63) is 23.4 Å². The van der Waals surface area contributed by atoms with Crippen molar-refractivity contribution in [3.63, 3.8) is 0 Å². The number of nitrogens with zero attached hydrogens (tertiary/aromatic N) is 2. The molecule has 0 unspecified atom stereocenters. The van der Waals surface area contributed by atoms with E-state index >= 15 is 0 Å². The van der Waals surface area contributed by atoms with Gasteiger partial charge in [0.15, 0.2) is 0 Å². The Bertz CT molecular complexity index is 389. The fourth-order valence-electron chi connectivity index (χ4n) is 2.47. The summed E-state index contributed by atoms with van der Waals surface area (Å²) in [6.07, 6.45) is 3.60. The molecule has 0 radical (unpaired) electrons. The smallest absolute Gasteiger partial charge is 0.213 e. The Morgan fingerprint density at radius 2 is 2.11 bits per heavy atom. The summed E-state index contributed by atoms with van der Waals surface area (Å²) in [5.74, 6) is 0.767. The van der Waals surface area contributed by atoms with Crippen LogP contribution in [0.2, 0.25) is 0 Å². The van der Waals surface area contributed by atoms with Crippen LogP contribution in [0.25, 0.3) is 0 Å². The lowest BCUT2D eigenvalue weighted by molar-refractivity contribution is 0.231. The van der Waals surface area contributed by atoms with Crippen molar-refractivity contribution in [2.45, 2.75) is 32.7 Å². The molecule has 1 fully saturated rings. The van der Waals surface area contributed by atoms with Crippen molar-refractivity contribution in [2.24, 2.45) is 0 Å². The van der Waals surface area contributed by atoms with Crippen molar-refractivity contribution in [1.82, 2.24) is 15.2 Å². The van der Waals surface area contributed by atoms with Gasteiger partial charge in [-0.15, -0.1) is 0 Å². The van der Waals surface area contributed by atoms with E-state index in [4.69, 9.17) is 4.74 Å². The molecule has 1 aromatic rings. The molecule has 0 atom stereocenters. The molecule has 4 heteroatoms. The summed E-state index contributed by atoms with van der Waals surface area (Å²) in [6, 6.07) is 4.18. The average Bonchev–Trinajstić information content (AvgIpc) is 2.92. The summed E-state index contributed by atoms with van der Waals surface area (Å²) in [4.78, 5) is 6.99. The van der Waals surface area contributed by atoms with Gasteiger partial charge in [-0.05, 0) is 51.0 Å². The van der Waals surface area contributed by atoms with Crippen molar-refractivity contribution in [1.29, 1.82) is 0 Å². The molecule has 2 rings (SSSR count). The number of aryl methyl sites for hydroxylation is 1. The van der Waals surface area contributed by atoms with Gasteiger partial charge in [0.25, 0.3) is 0 Å². The zero-order valence-electron chi connectivity index (χ0n) is 12.1. The molecule has 0 saturated carbocycles. The highest BCUT2D eigenvalue weighted by molar-refractivity contribution is 5.25. The largest absolute Gasteiger partial charge is 0.476 e. The third kappa shape index (κ3) is 4.48. The summed E-state index contributed by atoms with van der Waals surface area (Å²) in [7, 11) is 1.96. The maximum atomic E-state index is 5.82. The monoisotopic (exact) mass is 263 g/mol. The van der Waals surface area contributed by atoms with Crippen molar-refractivity contribution < 1.29 is 4.74 Å². The number of aromatic nitrogens is 1. The van der Waals surface area contributed by atoms with Gasteiger partial charge in [0.05, 0.1) is 0 Å². The Hall–Kier alpha value is -1.13. The van der Waals surface area contributed by atoms with E-state index in [1.807, 2.05) is 13.1 Å². The van der Waals surface area contributed by atoms with Crippen LogP contribution in [-0.2, 0) is 13.0 Å². The number of nitrogens with one attached hydrogen (secondary N) is 1. The lowest BCUT2D eigenvalue weighted by atomic mass is 10.2. The fourth-order valence-corrected chi connectivity index (χ4v) is 2.47. The second-order valence-electron chi connectivity index (χ2n) is 5.09. The van der Waals surface area contributed by atoms with Crippen LogP contribution in [0.15, 0.2) is 12.1 Å². The molecule has 106 valence electrons. The topological polar surface area (TPSA) is 37.4 Å². The second-order valence-corrected chi connectivity index (χ2v) is 5.09. The van der Waals surface area contributed by atoms with Crippen LogP contribution in [0.5, 0.6) is 5.88 Å². The Kier molecular flexibility index (Phi) is 5.61. The number of rotatable bonds is 7. The average molecular weight is 263 g/mol. The van der Waals surface area contributed by atoms with Crippen LogP contribution in [0.3, 0.4) is 0 Å². The molecule has 2 heterocycles. The van der Waals surface area contributed by atoms with E-state index in [0.717, 1.165) is 37.7 Å². The van der Waals surface area contributed by atoms with Crippen LogP contribution in [0, 0.1) is 0 Å². The standard InChI is InChI=1S/C15H25N3O/c1-3-14-10-13(12-16-2)11-15(17-14)19-9-8-18-6-4-5-7-18/h10-11,16H,3-9,12H2,1-2H3. The number of hydrogen-bond acceptors (Lipinski definition) is 4. The molecule has 1 aliphatic heterocycles. The lowest BCUT2D eigenvalue weighted by Crippen LogP contribution is -2.25. The molecule has 1 N–H and O–H groups in total. The summed E-state index contributed by atoms with van der Waals surface area (Å²) >= 11 is 0. The quantitative estimate of drug-likeness (QED) is 0.814. The van der Waals surface area contributed by atoms with Gasteiger partial charge in [0.2, 0.25) is 5.88 Å². The van der Waals surface area contributed by atoms with E-state index in [2.05, 4.69) is 28.2 Å². The third-order valence-corrected chi connectivity index (χ3v) is 3.51. The van der Waals surface area contributed by atoms with Crippen molar-refractivity contribution in [2.75, 3.05) is 33.3 Å². The van der Waals surface area contributed by atoms with Crippen LogP contribution >= 0.6 is 0 Å². The zero-order chi connectivity index (χ0) is 13.5.